The van der Waals surface area contributed by atoms with Crippen LogP contribution in [0.25, 0.3) is 28.0 Å². The molecule has 0 radical (unpaired) electrons. The first-order chi connectivity index (χ1) is 16.6. The highest BCUT2D eigenvalue weighted by Gasteiger charge is 2.30. The zero-order valence-electron chi connectivity index (χ0n) is 18.7. The molecule has 7 nitrogen and oxygen atoms in total. The van der Waals surface area contributed by atoms with Crippen molar-refractivity contribution >= 4 is 28.7 Å². The molecule has 0 fully saturated rings. The lowest BCUT2D eigenvalue weighted by Gasteiger charge is -2.24. The largest absolute Gasteiger partial charge is 0.416 e. The fourth-order valence-corrected chi connectivity index (χ4v) is 4.08. The van der Waals surface area contributed by atoms with Crippen molar-refractivity contribution in [3.05, 3.63) is 76.6 Å². The number of hydrogen-bond acceptors (Lipinski definition) is 7. The second kappa shape index (κ2) is 9.68. The summed E-state index contributed by atoms with van der Waals surface area (Å²) in [7, 11) is 0. The smallest absolute Gasteiger partial charge is 0.376 e. The van der Waals surface area contributed by atoms with E-state index in [0.29, 0.717) is 16.6 Å². The van der Waals surface area contributed by atoms with Crippen molar-refractivity contribution in [2.24, 2.45) is 0 Å². The van der Waals surface area contributed by atoms with Gasteiger partial charge in [-0.05, 0) is 55.6 Å². The first-order valence-electron chi connectivity index (χ1n) is 10.5. The molecule has 2 N–H and O–H groups in total. The first kappa shape index (κ1) is 24.7. The molecular weight excluding hydrogens is 481 g/mol. The molecule has 0 aliphatic heterocycles. The predicted molar refractivity (Wildman–Crippen MR) is 129 cm³/mol. The Morgan fingerprint density at radius 1 is 1.09 bits per heavy atom. The van der Waals surface area contributed by atoms with E-state index in [1.165, 1.54) is 41.5 Å². The van der Waals surface area contributed by atoms with Crippen LogP contribution in [-0.2, 0) is 6.18 Å². The minimum Gasteiger partial charge on any atom is -0.376 e. The second-order valence-electron chi connectivity index (χ2n) is 7.64. The minimum atomic E-state index is -4.52. The lowest BCUT2D eigenvalue weighted by atomic mass is 10.1. The van der Waals surface area contributed by atoms with Gasteiger partial charge in [0.15, 0.2) is 5.65 Å². The van der Waals surface area contributed by atoms with E-state index in [1.807, 2.05) is 30.5 Å². The van der Waals surface area contributed by atoms with Crippen molar-refractivity contribution in [3.63, 3.8) is 0 Å². The average molecular weight is 503 g/mol. The van der Waals surface area contributed by atoms with E-state index >= 15 is 0 Å². The summed E-state index contributed by atoms with van der Waals surface area (Å²) in [6.07, 6.45) is -3.75. The molecular formula is C24H21F3N4O3S. The fourth-order valence-electron chi connectivity index (χ4n) is 3.62. The topological polar surface area (TPSA) is 91.5 Å². The number of benzene rings is 2. The third-order valence-electron chi connectivity index (χ3n) is 5.39. The zero-order valence-corrected chi connectivity index (χ0v) is 19.5. The van der Waals surface area contributed by atoms with Crippen LogP contribution in [0.2, 0.25) is 0 Å². The molecule has 182 valence electrons. The molecule has 2 aromatic carbocycles. The van der Waals surface area contributed by atoms with Crippen molar-refractivity contribution in [2.45, 2.75) is 24.2 Å². The molecule has 2 aromatic heterocycles. The number of thioether (sulfide) groups is 1. The Balaban J connectivity index is 2.05. The molecule has 0 bridgehead atoms. The molecule has 35 heavy (non-hydrogen) atoms. The fraction of sp³-hybridized carbons (Fsp3) is 0.208. The number of fused-ring (bicyclic) bond motifs is 1. The van der Waals surface area contributed by atoms with Gasteiger partial charge in [-0.3, -0.25) is 14.3 Å². The summed E-state index contributed by atoms with van der Waals surface area (Å²) in [4.78, 5) is 24.0. The van der Waals surface area contributed by atoms with Crippen molar-refractivity contribution in [3.8, 4) is 16.9 Å². The minimum absolute atomic E-state index is 0.0502. The Bertz CT molecular complexity index is 1420. The number of rotatable bonds is 6. The van der Waals surface area contributed by atoms with Crippen LogP contribution in [0.4, 0.5) is 19.1 Å². The van der Waals surface area contributed by atoms with E-state index in [1.54, 1.807) is 6.07 Å². The molecule has 11 heteroatoms. The predicted octanol–water partition coefficient (Wildman–Crippen LogP) is 4.28. The highest BCUT2D eigenvalue weighted by atomic mass is 32.2. The van der Waals surface area contributed by atoms with E-state index in [2.05, 4.69) is 9.97 Å². The number of aliphatic hydroxyl groups is 2. The van der Waals surface area contributed by atoms with Crippen LogP contribution in [0.5, 0.6) is 0 Å². The molecule has 2 heterocycles. The lowest BCUT2D eigenvalue weighted by Crippen LogP contribution is -2.35. The van der Waals surface area contributed by atoms with E-state index in [-0.39, 0.29) is 17.3 Å². The Morgan fingerprint density at radius 3 is 2.40 bits per heavy atom. The number of nitrogens with zero attached hydrogens (tertiary/aromatic N) is 4. The first-order valence-corrected chi connectivity index (χ1v) is 11.7. The molecule has 0 aliphatic rings. The quantitative estimate of drug-likeness (QED) is 0.300. The molecule has 0 aliphatic carbocycles. The summed E-state index contributed by atoms with van der Waals surface area (Å²) in [6.45, 7) is 0.816. The molecule has 4 aromatic rings. The maximum atomic E-state index is 13.1. The van der Waals surface area contributed by atoms with Crippen LogP contribution < -0.4 is 10.5 Å². The molecule has 1 unspecified atom stereocenters. The van der Waals surface area contributed by atoms with Gasteiger partial charge in [0.2, 0.25) is 5.95 Å². The average Bonchev–Trinajstić information content (AvgIpc) is 2.83. The zero-order chi connectivity index (χ0) is 25.3. The summed E-state index contributed by atoms with van der Waals surface area (Å²) in [6, 6.07) is 14.5. The normalized spacial score (nSPS) is 12.7. The molecule has 0 saturated heterocycles. The summed E-state index contributed by atoms with van der Waals surface area (Å²) in [5.41, 5.74) is 0.0612. The van der Waals surface area contributed by atoms with E-state index in [0.717, 1.165) is 21.9 Å². The van der Waals surface area contributed by atoms with Gasteiger partial charge in [0.1, 0.15) is 13.0 Å². The highest BCUT2D eigenvalue weighted by Crippen LogP contribution is 2.32. The van der Waals surface area contributed by atoms with Crippen molar-refractivity contribution in [2.75, 3.05) is 17.9 Å². The van der Waals surface area contributed by atoms with Crippen LogP contribution in [0, 0.1) is 0 Å². The SMILES string of the molecule is CSc1cccc(-c2nc(N(CO)C(C)O)nc3c2ccc(=O)n3-c2ccc(C(F)(F)F)cc2)c1. The van der Waals surface area contributed by atoms with E-state index < -0.39 is 30.3 Å². The van der Waals surface area contributed by atoms with Gasteiger partial charge in [-0.15, -0.1) is 11.8 Å². The lowest BCUT2D eigenvalue weighted by molar-refractivity contribution is -0.137. The number of pyridine rings is 1. The van der Waals surface area contributed by atoms with Crippen molar-refractivity contribution in [1.29, 1.82) is 0 Å². The van der Waals surface area contributed by atoms with Crippen LogP contribution >= 0.6 is 11.8 Å². The number of alkyl halides is 3. The Morgan fingerprint density at radius 2 is 1.80 bits per heavy atom. The maximum absolute atomic E-state index is 13.1. The standard InChI is InChI=1S/C24H21F3N4O3S/c1-14(33)30(13-32)23-28-21(15-4-3-5-18(12-15)35-2)19-10-11-20(34)31(22(19)29-23)17-8-6-16(7-9-17)24(25,26)27/h3-12,14,32-33H,13H2,1-2H3. The van der Waals surface area contributed by atoms with Gasteiger partial charge in [-0.25, -0.2) is 4.98 Å². The van der Waals surface area contributed by atoms with Crippen LogP contribution in [0.1, 0.15) is 12.5 Å². The van der Waals surface area contributed by atoms with E-state index in [9.17, 15) is 28.2 Å². The monoisotopic (exact) mass is 502 g/mol. The Kier molecular flexibility index (Phi) is 6.84. The second-order valence-corrected chi connectivity index (χ2v) is 8.52. The number of hydrogen-bond donors (Lipinski definition) is 2. The van der Waals surface area contributed by atoms with Crippen molar-refractivity contribution < 1.29 is 23.4 Å². The maximum Gasteiger partial charge on any atom is 0.416 e. The van der Waals surface area contributed by atoms with E-state index in [4.69, 9.17) is 0 Å². The molecule has 0 spiro atoms. The van der Waals surface area contributed by atoms with Gasteiger partial charge in [-0.2, -0.15) is 18.2 Å². The Labute approximate surface area is 202 Å². The summed E-state index contributed by atoms with van der Waals surface area (Å²) in [5.74, 6) is -0.0502. The molecule has 0 amide bonds. The molecule has 0 saturated carbocycles. The van der Waals surface area contributed by atoms with Gasteiger partial charge < -0.3 is 10.2 Å². The van der Waals surface area contributed by atoms with Gasteiger partial charge in [0, 0.05) is 21.9 Å². The van der Waals surface area contributed by atoms with Crippen LogP contribution in [0.15, 0.2) is 70.4 Å². The third kappa shape index (κ3) is 4.88. The van der Waals surface area contributed by atoms with Crippen LogP contribution in [-0.4, -0.2) is 44.0 Å². The highest BCUT2D eigenvalue weighted by molar-refractivity contribution is 7.98. The van der Waals surface area contributed by atoms with Gasteiger partial charge >= 0.3 is 6.18 Å². The summed E-state index contributed by atoms with van der Waals surface area (Å²) >= 11 is 1.53. The van der Waals surface area contributed by atoms with Crippen LogP contribution in [0.3, 0.4) is 0 Å². The summed E-state index contributed by atoms with van der Waals surface area (Å²) < 4.78 is 40.4. The van der Waals surface area contributed by atoms with Gasteiger partial charge in [0.05, 0.1) is 16.9 Å². The third-order valence-corrected chi connectivity index (χ3v) is 6.12. The molecule has 1 atom stereocenters. The summed E-state index contributed by atoms with van der Waals surface area (Å²) in [5, 5.41) is 20.4. The van der Waals surface area contributed by atoms with Crippen molar-refractivity contribution in [1.82, 2.24) is 14.5 Å². The number of anilines is 1. The molecule has 4 rings (SSSR count). The van der Waals surface area contributed by atoms with Gasteiger partial charge in [0.25, 0.3) is 5.56 Å². The number of aromatic nitrogens is 3. The number of aliphatic hydroxyl groups excluding tert-OH is 2. The Hall–Kier alpha value is -3.41. The number of halogens is 3. The van der Waals surface area contributed by atoms with Gasteiger partial charge in [-0.1, -0.05) is 12.1 Å².